The Bertz CT molecular complexity index is 235. The fourth-order valence-electron chi connectivity index (χ4n) is 1.60. The third-order valence-electron chi connectivity index (χ3n) is 2.83. The van der Waals surface area contributed by atoms with E-state index in [0.717, 1.165) is 0 Å². The number of nitrogens with two attached hydrogens (primary N) is 1. The summed E-state index contributed by atoms with van der Waals surface area (Å²) >= 11 is 0. The van der Waals surface area contributed by atoms with Crippen LogP contribution >= 0.6 is 0 Å². The zero-order valence-corrected chi connectivity index (χ0v) is 9.58. The minimum absolute atomic E-state index is 0.00729. The lowest BCUT2D eigenvalue weighted by Gasteiger charge is -2.27. The summed E-state index contributed by atoms with van der Waals surface area (Å²) in [5, 5.41) is 2.87. The Morgan fingerprint density at radius 2 is 2.47 bits per heavy atom. The zero-order chi connectivity index (χ0) is 11.5. The molecule has 15 heavy (non-hydrogen) atoms. The number of hydrogen-bond donors (Lipinski definition) is 2. The number of methoxy groups -OCH3 is 1. The van der Waals surface area contributed by atoms with Crippen molar-refractivity contribution >= 4 is 5.91 Å². The van der Waals surface area contributed by atoms with Gasteiger partial charge in [-0.25, -0.2) is 0 Å². The van der Waals surface area contributed by atoms with Crippen molar-refractivity contribution in [2.45, 2.75) is 25.9 Å². The van der Waals surface area contributed by atoms with E-state index in [0.29, 0.717) is 19.8 Å². The molecule has 0 spiro atoms. The first-order valence-corrected chi connectivity index (χ1v) is 5.14. The van der Waals surface area contributed by atoms with E-state index >= 15 is 0 Å². The van der Waals surface area contributed by atoms with Crippen LogP contribution in [0.1, 0.15) is 13.8 Å². The number of rotatable bonds is 4. The average molecular weight is 216 g/mol. The van der Waals surface area contributed by atoms with Crippen molar-refractivity contribution in [2.75, 3.05) is 26.9 Å². The van der Waals surface area contributed by atoms with E-state index in [-0.39, 0.29) is 18.0 Å². The highest BCUT2D eigenvalue weighted by Crippen LogP contribution is 2.27. The molecule has 0 radical (unpaired) electrons. The van der Waals surface area contributed by atoms with Crippen LogP contribution in [-0.2, 0) is 14.3 Å². The molecule has 0 aromatic heterocycles. The summed E-state index contributed by atoms with van der Waals surface area (Å²) in [6, 6.07) is -0.237. The predicted molar refractivity (Wildman–Crippen MR) is 56.4 cm³/mol. The van der Waals surface area contributed by atoms with Gasteiger partial charge in [0.1, 0.15) is 0 Å². The van der Waals surface area contributed by atoms with Crippen molar-refractivity contribution in [1.82, 2.24) is 5.32 Å². The van der Waals surface area contributed by atoms with Crippen molar-refractivity contribution in [2.24, 2.45) is 11.1 Å². The molecule has 1 rings (SSSR count). The molecule has 1 fully saturated rings. The van der Waals surface area contributed by atoms with Crippen LogP contribution in [0.25, 0.3) is 0 Å². The first kappa shape index (κ1) is 12.4. The lowest BCUT2D eigenvalue weighted by molar-refractivity contribution is -0.131. The fraction of sp³-hybridized carbons (Fsp3) is 0.900. The molecule has 5 nitrogen and oxygen atoms in total. The lowest BCUT2D eigenvalue weighted by Crippen LogP contribution is -2.52. The third kappa shape index (κ3) is 2.68. The first-order valence-electron chi connectivity index (χ1n) is 5.14. The molecule has 3 unspecified atom stereocenters. The van der Waals surface area contributed by atoms with Gasteiger partial charge in [0.2, 0.25) is 5.91 Å². The van der Waals surface area contributed by atoms with Crippen molar-refractivity contribution < 1.29 is 14.3 Å². The number of hydrogen-bond acceptors (Lipinski definition) is 4. The lowest BCUT2D eigenvalue weighted by atomic mass is 9.84. The van der Waals surface area contributed by atoms with Crippen molar-refractivity contribution in [3.8, 4) is 0 Å². The molecule has 5 heteroatoms. The fourth-order valence-corrected chi connectivity index (χ4v) is 1.60. The minimum Gasteiger partial charge on any atom is -0.383 e. The Hall–Kier alpha value is -0.650. The quantitative estimate of drug-likeness (QED) is 0.664. The molecule has 0 aromatic carbocycles. The molecule has 0 bridgehead atoms. The van der Waals surface area contributed by atoms with E-state index in [1.807, 2.05) is 13.8 Å². The minimum atomic E-state index is -0.609. The number of carbonyl (C=O) groups is 1. The highest BCUT2D eigenvalue weighted by Gasteiger charge is 2.44. The molecule has 3 atom stereocenters. The summed E-state index contributed by atoms with van der Waals surface area (Å²) in [7, 11) is 1.61. The second-order valence-electron chi connectivity index (χ2n) is 4.37. The van der Waals surface area contributed by atoms with Gasteiger partial charge in [-0.3, -0.25) is 4.79 Å². The molecule has 88 valence electrons. The molecule has 1 saturated heterocycles. The second kappa shape index (κ2) is 4.92. The number of carbonyl (C=O) groups excluding carboxylic acids is 1. The molecule has 1 amide bonds. The Morgan fingerprint density at radius 1 is 1.80 bits per heavy atom. The summed E-state index contributed by atoms with van der Waals surface area (Å²) in [5.41, 5.74) is 5.24. The summed E-state index contributed by atoms with van der Waals surface area (Å²) in [5.74, 6) is -0.0583. The molecule has 1 heterocycles. The summed E-state index contributed by atoms with van der Waals surface area (Å²) in [6.07, 6.45) is 0. The topological polar surface area (TPSA) is 73.6 Å². The van der Waals surface area contributed by atoms with Crippen LogP contribution in [0.15, 0.2) is 0 Å². The van der Waals surface area contributed by atoms with Gasteiger partial charge in [-0.15, -0.1) is 0 Å². The van der Waals surface area contributed by atoms with Gasteiger partial charge in [-0.1, -0.05) is 0 Å². The van der Waals surface area contributed by atoms with Crippen LogP contribution in [0.3, 0.4) is 0 Å². The number of ether oxygens (including phenoxy) is 2. The second-order valence-corrected chi connectivity index (χ2v) is 4.37. The molecule has 0 aliphatic carbocycles. The Morgan fingerprint density at radius 3 is 2.93 bits per heavy atom. The van der Waals surface area contributed by atoms with Gasteiger partial charge in [-0.05, 0) is 13.8 Å². The van der Waals surface area contributed by atoms with Crippen LogP contribution in [-0.4, -0.2) is 44.9 Å². The number of amides is 1. The Kier molecular flexibility index (Phi) is 4.07. The van der Waals surface area contributed by atoms with E-state index in [4.69, 9.17) is 15.2 Å². The zero-order valence-electron chi connectivity index (χ0n) is 9.58. The van der Waals surface area contributed by atoms with Crippen LogP contribution < -0.4 is 11.1 Å². The first-order chi connectivity index (χ1) is 7.00. The van der Waals surface area contributed by atoms with Gasteiger partial charge < -0.3 is 20.5 Å². The molecular weight excluding hydrogens is 196 g/mol. The summed E-state index contributed by atoms with van der Waals surface area (Å²) in [6.45, 7) is 5.06. The molecular formula is C10H20N2O3. The third-order valence-corrected chi connectivity index (χ3v) is 2.83. The van der Waals surface area contributed by atoms with Crippen molar-refractivity contribution in [3.63, 3.8) is 0 Å². The molecule has 0 aromatic rings. The summed E-state index contributed by atoms with van der Waals surface area (Å²) < 4.78 is 10.2. The van der Waals surface area contributed by atoms with Crippen LogP contribution in [0.5, 0.6) is 0 Å². The molecule has 1 aliphatic rings. The van der Waals surface area contributed by atoms with E-state index in [2.05, 4.69) is 5.32 Å². The Balaban J connectivity index is 2.52. The van der Waals surface area contributed by atoms with Crippen molar-refractivity contribution in [1.29, 1.82) is 0 Å². The monoisotopic (exact) mass is 216 g/mol. The predicted octanol–water partition coefficient (Wildman–Crippen LogP) is -0.499. The van der Waals surface area contributed by atoms with Crippen LogP contribution in [0.4, 0.5) is 0 Å². The van der Waals surface area contributed by atoms with Crippen molar-refractivity contribution in [3.05, 3.63) is 0 Å². The van der Waals surface area contributed by atoms with Gasteiger partial charge in [-0.2, -0.15) is 0 Å². The van der Waals surface area contributed by atoms with Crippen LogP contribution in [0.2, 0.25) is 0 Å². The smallest absolute Gasteiger partial charge is 0.230 e. The normalized spacial score (nSPS) is 32.7. The highest BCUT2D eigenvalue weighted by atomic mass is 16.5. The van der Waals surface area contributed by atoms with Gasteiger partial charge in [0, 0.05) is 19.2 Å². The number of nitrogens with one attached hydrogen (secondary N) is 1. The largest absolute Gasteiger partial charge is 0.383 e. The Labute approximate surface area is 90.3 Å². The van der Waals surface area contributed by atoms with E-state index < -0.39 is 5.41 Å². The van der Waals surface area contributed by atoms with Gasteiger partial charge in [0.25, 0.3) is 0 Å². The van der Waals surface area contributed by atoms with Gasteiger partial charge >= 0.3 is 0 Å². The SMILES string of the molecule is COCC(C)NC(=O)C1(C)COCC1N. The maximum absolute atomic E-state index is 11.9. The maximum Gasteiger partial charge on any atom is 0.230 e. The summed E-state index contributed by atoms with van der Waals surface area (Å²) in [4.78, 5) is 11.9. The average Bonchev–Trinajstić information content (AvgIpc) is 2.48. The van der Waals surface area contributed by atoms with E-state index in [1.54, 1.807) is 7.11 Å². The van der Waals surface area contributed by atoms with Gasteiger partial charge in [0.15, 0.2) is 0 Å². The van der Waals surface area contributed by atoms with Gasteiger partial charge in [0.05, 0.1) is 25.2 Å². The molecule has 1 aliphatic heterocycles. The molecule has 3 N–H and O–H groups in total. The van der Waals surface area contributed by atoms with E-state index in [9.17, 15) is 4.79 Å². The standard InChI is InChI=1S/C10H20N2O3/c1-7(4-14-3)12-9(13)10(2)6-15-5-8(10)11/h7-8H,4-6,11H2,1-3H3,(H,12,13). The highest BCUT2D eigenvalue weighted by molar-refractivity contribution is 5.83. The van der Waals surface area contributed by atoms with Crippen LogP contribution in [0, 0.1) is 5.41 Å². The molecule has 0 saturated carbocycles. The van der Waals surface area contributed by atoms with E-state index in [1.165, 1.54) is 0 Å². The maximum atomic E-state index is 11.9.